The van der Waals surface area contributed by atoms with Gasteiger partial charge in [0, 0.05) is 29.2 Å². The van der Waals surface area contributed by atoms with Crippen molar-refractivity contribution in [3.8, 4) is 17.0 Å². The number of nitrogens with two attached hydrogens (primary N) is 1. The Morgan fingerprint density at radius 2 is 2.00 bits per heavy atom. The summed E-state index contributed by atoms with van der Waals surface area (Å²) in [5.41, 5.74) is 10.5. The van der Waals surface area contributed by atoms with Crippen molar-refractivity contribution in [2.45, 2.75) is 18.0 Å². The maximum absolute atomic E-state index is 12.8. The summed E-state index contributed by atoms with van der Waals surface area (Å²) in [5.74, 6) is 0.567. The molecule has 1 aliphatic rings. The number of carbonyl (C=O) groups is 1. The number of hydrogen-bond donors (Lipinski definition) is 2. The smallest absolute Gasteiger partial charge is 0.260 e. The largest absolute Gasteiger partial charge is 0.497 e. The Kier molecular flexibility index (Phi) is 5.97. The topological polar surface area (TPSA) is 77.2 Å². The number of nitrogens with zero attached hydrogens (tertiary/aromatic N) is 1. The molecule has 0 atom stereocenters. The molecule has 2 heterocycles. The molecular weight excluding hydrogens is 418 g/mol. The number of aromatic nitrogens is 1. The molecule has 0 unspecified atom stereocenters. The normalized spacial score (nSPS) is 13.0. The molecule has 0 aliphatic carbocycles. The summed E-state index contributed by atoms with van der Waals surface area (Å²) >= 11 is 7.22. The Bertz CT molecular complexity index is 1130. The molecule has 0 radical (unpaired) electrons. The first-order chi connectivity index (χ1) is 14.5. The molecule has 30 heavy (non-hydrogen) atoms. The van der Waals surface area contributed by atoms with Crippen molar-refractivity contribution in [3.05, 3.63) is 87.4 Å². The number of ether oxygens (including phenoxy) is 1. The summed E-state index contributed by atoms with van der Waals surface area (Å²) in [6.07, 6.45) is 0.497. The van der Waals surface area contributed by atoms with E-state index in [-0.39, 0.29) is 5.91 Å². The summed E-state index contributed by atoms with van der Waals surface area (Å²) in [6.45, 7) is 0.400. The summed E-state index contributed by atoms with van der Waals surface area (Å²) in [7, 11) is 1.64. The van der Waals surface area contributed by atoms with Crippen molar-refractivity contribution in [1.82, 2.24) is 10.3 Å². The number of hydrogen-bond acceptors (Lipinski definition) is 5. The average molecular weight is 438 g/mol. The number of thioether (sulfide) groups is 1. The van der Waals surface area contributed by atoms with E-state index in [1.54, 1.807) is 19.2 Å². The van der Waals surface area contributed by atoms with Crippen LogP contribution in [0.3, 0.4) is 0 Å². The van der Waals surface area contributed by atoms with Crippen molar-refractivity contribution in [2.24, 2.45) is 5.73 Å². The molecule has 0 saturated heterocycles. The van der Waals surface area contributed by atoms with Gasteiger partial charge in [0.1, 0.15) is 10.8 Å². The van der Waals surface area contributed by atoms with E-state index in [4.69, 9.17) is 27.1 Å². The molecule has 2 aromatic carbocycles. The number of methoxy groups -OCH3 is 1. The molecular formula is C23H20ClN3O2S. The Labute approximate surface area is 184 Å². The van der Waals surface area contributed by atoms with E-state index < -0.39 is 0 Å². The fourth-order valence-corrected chi connectivity index (χ4v) is 4.24. The minimum absolute atomic E-state index is 0.202. The lowest BCUT2D eigenvalue weighted by atomic mass is 10.1. The van der Waals surface area contributed by atoms with Gasteiger partial charge in [-0.15, -0.1) is 0 Å². The number of nitrogens with one attached hydrogen (secondary N) is 1. The van der Waals surface area contributed by atoms with Crippen LogP contribution in [0.4, 0.5) is 0 Å². The van der Waals surface area contributed by atoms with Gasteiger partial charge in [0.05, 0.1) is 17.7 Å². The van der Waals surface area contributed by atoms with Crippen LogP contribution in [0.2, 0.25) is 5.02 Å². The minimum atomic E-state index is -0.202. The van der Waals surface area contributed by atoms with Gasteiger partial charge >= 0.3 is 0 Å². The number of pyridine rings is 1. The third kappa shape index (κ3) is 4.45. The van der Waals surface area contributed by atoms with Crippen molar-refractivity contribution in [1.29, 1.82) is 0 Å². The molecule has 1 aromatic heterocycles. The Balaban J connectivity index is 1.51. The molecule has 0 bridgehead atoms. The number of fused-ring (bicyclic) bond motifs is 1. The zero-order chi connectivity index (χ0) is 21.1. The van der Waals surface area contributed by atoms with Crippen LogP contribution in [-0.2, 0) is 17.8 Å². The number of rotatable bonds is 5. The summed E-state index contributed by atoms with van der Waals surface area (Å²) in [5, 5.41) is 4.38. The highest BCUT2D eigenvalue weighted by atomic mass is 35.5. The number of amides is 1. The maximum Gasteiger partial charge on any atom is 0.260 e. The Hall–Kier alpha value is -2.96. The van der Waals surface area contributed by atoms with Gasteiger partial charge in [0.2, 0.25) is 0 Å². The van der Waals surface area contributed by atoms with Gasteiger partial charge in [0.25, 0.3) is 5.91 Å². The van der Waals surface area contributed by atoms with E-state index in [1.807, 2.05) is 48.5 Å². The lowest BCUT2D eigenvalue weighted by Gasteiger charge is -2.20. The molecule has 0 spiro atoms. The van der Waals surface area contributed by atoms with Crippen molar-refractivity contribution < 1.29 is 9.53 Å². The van der Waals surface area contributed by atoms with Gasteiger partial charge < -0.3 is 15.8 Å². The quantitative estimate of drug-likeness (QED) is 0.612. The number of halogens is 1. The SMILES string of the molecule is COc1cccc(-c2ccc3c(n2)SC(C(=O)NCc2ccc(Cl)cc2)=C(N)C3)c1. The van der Waals surface area contributed by atoms with Crippen LogP contribution in [0, 0.1) is 0 Å². The van der Waals surface area contributed by atoms with Gasteiger partial charge in [-0.3, -0.25) is 4.79 Å². The van der Waals surface area contributed by atoms with E-state index in [9.17, 15) is 4.79 Å². The Morgan fingerprint density at radius 3 is 2.77 bits per heavy atom. The van der Waals surface area contributed by atoms with Crippen molar-refractivity contribution in [2.75, 3.05) is 7.11 Å². The predicted molar refractivity (Wildman–Crippen MR) is 120 cm³/mol. The molecule has 3 aromatic rings. The van der Waals surface area contributed by atoms with E-state index >= 15 is 0 Å². The molecule has 1 aliphatic heterocycles. The maximum atomic E-state index is 12.8. The minimum Gasteiger partial charge on any atom is -0.497 e. The van der Waals surface area contributed by atoms with Crippen LogP contribution in [-0.4, -0.2) is 18.0 Å². The molecule has 0 fully saturated rings. The summed E-state index contributed by atoms with van der Waals surface area (Å²) in [4.78, 5) is 18.0. The molecule has 5 nitrogen and oxygen atoms in total. The average Bonchev–Trinajstić information content (AvgIpc) is 2.77. The molecule has 1 amide bonds. The van der Waals surface area contributed by atoms with Gasteiger partial charge in [-0.2, -0.15) is 0 Å². The van der Waals surface area contributed by atoms with Gasteiger partial charge in [0.15, 0.2) is 0 Å². The second kappa shape index (κ2) is 8.81. The third-order valence-electron chi connectivity index (χ3n) is 4.75. The van der Waals surface area contributed by atoms with E-state index in [2.05, 4.69) is 5.32 Å². The molecule has 4 rings (SSSR count). The van der Waals surface area contributed by atoms with E-state index in [0.29, 0.717) is 28.6 Å². The van der Waals surface area contributed by atoms with Gasteiger partial charge in [-0.25, -0.2) is 4.98 Å². The highest BCUT2D eigenvalue weighted by Crippen LogP contribution is 2.37. The lowest BCUT2D eigenvalue weighted by molar-refractivity contribution is -0.117. The Morgan fingerprint density at radius 1 is 1.20 bits per heavy atom. The van der Waals surface area contributed by atoms with Crippen LogP contribution in [0.15, 0.2) is 76.3 Å². The highest BCUT2D eigenvalue weighted by Gasteiger charge is 2.24. The first-order valence-electron chi connectivity index (χ1n) is 9.37. The van der Waals surface area contributed by atoms with Crippen molar-refractivity contribution in [3.63, 3.8) is 0 Å². The predicted octanol–water partition coefficient (Wildman–Crippen LogP) is 4.55. The van der Waals surface area contributed by atoms with Crippen LogP contribution in [0.25, 0.3) is 11.3 Å². The van der Waals surface area contributed by atoms with Crippen LogP contribution in [0.1, 0.15) is 11.1 Å². The zero-order valence-electron chi connectivity index (χ0n) is 16.3. The van der Waals surface area contributed by atoms with Crippen LogP contribution < -0.4 is 15.8 Å². The van der Waals surface area contributed by atoms with E-state index in [1.165, 1.54) is 11.8 Å². The lowest BCUT2D eigenvalue weighted by Crippen LogP contribution is -2.27. The fourth-order valence-electron chi connectivity index (χ4n) is 3.14. The van der Waals surface area contributed by atoms with E-state index in [0.717, 1.165) is 33.2 Å². The number of carbonyl (C=O) groups excluding carboxylic acids is 1. The van der Waals surface area contributed by atoms with Crippen LogP contribution in [0.5, 0.6) is 5.75 Å². The van der Waals surface area contributed by atoms with Gasteiger partial charge in [-0.1, -0.05) is 53.7 Å². The standard InChI is InChI=1S/C23H20ClN3O2S/c1-29-18-4-2-3-15(11-18)20-10-7-16-12-19(25)21(30-23(16)27-20)22(28)26-13-14-5-8-17(24)9-6-14/h2-11H,12-13,25H2,1H3,(H,26,28). The zero-order valence-corrected chi connectivity index (χ0v) is 17.9. The molecule has 152 valence electrons. The number of allylic oxidation sites excluding steroid dienone is 1. The highest BCUT2D eigenvalue weighted by molar-refractivity contribution is 8.04. The monoisotopic (exact) mass is 437 g/mol. The van der Waals surface area contributed by atoms with Crippen LogP contribution >= 0.6 is 23.4 Å². The fraction of sp³-hybridized carbons (Fsp3) is 0.130. The third-order valence-corrected chi connectivity index (χ3v) is 6.20. The number of benzene rings is 2. The summed E-state index contributed by atoms with van der Waals surface area (Å²) < 4.78 is 5.30. The van der Waals surface area contributed by atoms with Gasteiger partial charge in [-0.05, 0) is 41.5 Å². The molecule has 0 saturated carbocycles. The summed E-state index contributed by atoms with van der Waals surface area (Å²) in [6, 6.07) is 19.1. The second-order valence-electron chi connectivity index (χ2n) is 6.84. The first-order valence-corrected chi connectivity index (χ1v) is 10.6. The molecule has 7 heteroatoms. The second-order valence-corrected chi connectivity index (χ2v) is 8.27. The van der Waals surface area contributed by atoms with Crippen molar-refractivity contribution >= 4 is 29.3 Å². The molecule has 3 N–H and O–H groups in total. The first kappa shape index (κ1) is 20.3.